The number of aliphatic hydroxyl groups is 1. The molecule has 1 aliphatic heterocycles. The fraction of sp³-hybridized carbons (Fsp3) is 0.455. The van der Waals surface area contributed by atoms with Crippen molar-refractivity contribution in [2.45, 2.75) is 25.9 Å². The van der Waals surface area contributed by atoms with Crippen LogP contribution in [0, 0.1) is 24.2 Å². The number of piperidine rings is 1. The van der Waals surface area contributed by atoms with Crippen LogP contribution in [0.3, 0.4) is 0 Å². The van der Waals surface area contributed by atoms with Crippen LogP contribution in [0.1, 0.15) is 35.8 Å². The Labute approximate surface area is 161 Å². The van der Waals surface area contributed by atoms with E-state index >= 15 is 0 Å². The van der Waals surface area contributed by atoms with E-state index in [0.29, 0.717) is 18.2 Å². The second-order valence-electron chi connectivity index (χ2n) is 7.50. The lowest BCUT2D eigenvalue weighted by Gasteiger charge is -2.35. The third-order valence-electron chi connectivity index (χ3n) is 5.43. The third kappa shape index (κ3) is 5.06. The van der Waals surface area contributed by atoms with Gasteiger partial charge in [0.05, 0.1) is 6.10 Å². The summed E-state index contributed by atoms with van der Waals surface area (Å²) < 4.78 is 0. The summed E-state index contributed by atoms with van der Waals surface area (Å²) in [5.74, 6) is 1.47. The molecular weight excluding hydrogens is 336 g/mol. The molecule has 0 spiro atoms. The van der Waals surface area contributed by atoms with Crippen molar-refractivity contribution in [3.8, 4) is 6.07 Å². The van der Waals surface area contributed by atoms with Crippen molar-refractivity contribution in [1.82, 2.24) is 9.88 Å². The van der Waals surface area contributed by atoms with E-state index in [1.54, 1.807) is 0 Å². The average Bonchev–Trinajstić information content (AvgIpc) is 2.70. The highest BCUT2D eigenvalue weighted by atomic mass is 16.3. The van der Waals surface area contributed by atoms with Gasteiger partial charge in [-0.15, -0.1) is 0 Å². The largest absolute Gasteiger partial charge is 0.387 e. The normalized spacial score (nSPS) is 16.7. The van der Waals surface area contributed by atoms with Crippen molar-refractivity contribution in [3.05, 3.63) is 59.3 Å². The van der Waals surface area contributed by atoms with Gasteiger partial charge in [-0.3, -0.25) is 0 Å². The van der Waals surface area contributed by atoms with Crippen LogP contribution in [0.4, 0.5) is 5.82 Å². The number of aromatic nitrogens is 1. The summed E-state index contributed by atoms with van der Waals surface area (Å²) in [5.41, 5.74) is 2.40. The number of benzene rings is 1. The van der Waals surface area contributed by atoms with Crippen molar-refractivity contribution in [2.24, 2.45) is 5.92 Å². The van der Waals surface area contributed by atoms with Gasteiger partial charge in [-0.25, -0.2) is 4.98 Å². The molecule has 3 rings (SSSR count). The summed E-state index contributed by atoms with van der Waals surface area (Å²) in [6.45, 7) is 5.56. The highest BCUT2D eigenvalue weighted by molar-refractivity contribution is 5.44. The van der Waals surface area contributed by atoms with E-state index < -0.39 is 6.10 Å². The Morgan fingerprint density at radius 2 is 1.93 bits per heavy atom. The van der Waals surface area contributed by atoms with Crippen molar-refractivity contribution in [2.75, 3.05) is 38.1 Å². The summed E-state index contributed by atoms with van der Waals surface area (Å²) in [5, 5.41) is 19.6. The fourth-order valence-electron chi connectivity index (χ4n) is 3.70. The molecule has 2 heterocycles. The molecule has 0 amide bonds. The van der Waals surface area contributed by atoms with E-state index in [0.717, 1.165) is 49.4 Å². The maximum absolute atomic E-state index is 10.4. The summed E-state index contributed by atoms with van der Waals surface area (Å²) in [4.78, 5) is 8.97. The minimum absolute atomic E-state index is 0.424. The minimum atomic E-state index is -0.424. The second kappa shape index (κ2) is 8.98. The van der Waals surface area contributed by atoms with Gasteiger partial charge >= 0.3 is 0 Å². The van der Waals surface area contributed by atoms with Gasteiger partial charge in [-0.1, -0.05) is 36.4 Å². The molecule has 1 saturated heterocycles. The van der Waals surface area contributed by atoms with Gasteiger partial charge in [-0.05, 0) is 56.0 Å². The zero-order valence-electron chi connectivity index (χ0n) is 16.2. The minimum Gasteiger partial charge on any atom is -0.387 e. The Kier molecular flexibility index (Phi) is 6.44. The SMILES string of the molecule is Cc1ccc(N(C)CC2CCN(CC(O)c3ccccc3)CC2)nc1C#N. The van der Waals surface area contributed by atoms with Gasteiger partial charge < -0.3 is 14.9 Å². The molecule has 1 fully saturated rings. The van der Waals surface area contributed by atoms with Crippen LogP contribution >= 0.6 is 0 Å². The topological polar surface area (TPSA) is 63.4 Å². The average molecular weight is 364 g/mol. The molecule has 0 saturated carbocycles. The fourth-order valence-corrected chi connectivity index (χ4v) is 3.70. The Balaban J connectivity index is 1.48. The van der Waals surface area contributed by atoms with Crippen molar-refractivity contribution in [1.29, 1.82) is 5.26 Å². The van der Waals surface area contributed by atoms with Crippen molar-refractivity contribution < 1.29 is 5.11 Å². The van der Waals surface area contributed by atoms with Gasteiger partial charge in [0.25, 0.3) is 0 Å². The first-order chi connectivity index (χ1) is 13.1. The van der Waals surface area contributed by atoms with E-state index in [9.17, 15) is 10.4 Å². The molecule has 5 nitrogen and oxygen atoms in total. The van der Waals surface area contributed by atoms with Gasteiger partial charge in [0.2, 0.25) is 0 Å². The molecular formula is C22H28N4O. The number of β-amino-alcohol motifs (C(OH)–C–C–N with tert-alkyl or cyclic N) is 1. The summed E-state index contributed by atoms with van der Waals surface area (Å²) in [6, 6.07) is 16.0. The molecule has 142 valence electrons. The smallest absolute Gasteiger partial charge is 0.145 e. The number of nitriles is 1. The number of hydrogen-bond acceptors (Lipinski definition) is 5. The number of likely N-dealkylation sites (tertiary alicyclic amines) is 1. The molecule has 0 radical (unpaired) electrons. The predicted molar refractivity (Wildman–Crippen MR) is 108 cm³/mol. The first kappa shape index (κ1) is 19.3. The molecule has 2 aromatic rings. The first-order valence-electron chi connectivity index (χ1n) is 9.61. The van der Waals surface area contributed by atoms with Gasteiger partial charge in [-0.2, -0.15) is 5.26 Å². The van der Waals surface area contributed by atoms with E-state index in [2.05, 4.69) is 20.9 Å². The molecule has 1 unspecified atom stereocenters. The van der Waals surface area contributed by atoms with Crippen LogP contribution in [0.25, 0.3) is 0 Å². The maximum Gasteiger partial charge on any atom is 0.145 e. The second-order valence-corrected chi connectivity index (χ2v) is 7.50. The molecule has 1 aliphatic rings. The molecule has 0 bridgehead atoms. The highest BCUT2D eigenvalue weighted by Crippen LogP contribution is 2.23. The highest BCUT2D eigenvalue weighted by Gasteiger charge is 2.23. The molecule has 27 heavy (non-hydrogen) atoms. The molecule has 1 N–H and O–H groups in total. The first-order valence-corrected chi connectivity index (χ1v) is 9.61. The summed E-state index contributed by atoms with van der Waals surface area (Å²) in [7, 11) is 2.05. The predicted octanol–water partition coefficient (Wildman–Crippen LogP) is 3.14. The lowest BCUT2D eigenvalue weighted by molar-refractivity contribution is 0.0902. The zero-order valence-corrected chi connectivity index (χ0v) is 16.2. The maximum atomic E-state index is 10.4. The van der Waals surface area contributed by atoms with Crippen LogP contribution in [0.2, 0.25) is 0 Å². The van der Waals surface area contributed by atoms with Crippen LogP contribution in [0.15, 0.2) is 42.5 Å². The van der Waals surface area contributed by atoms with Gasteiger partial charge in [0.1, 0.15) is 17.6 Å². The third-order valence-corrected chi connectivity index (χ3v) is 5.43. The molecule has 1 aromatic heterocycles. The van der Waals surface area contributed by atoms with Crippen molar-refractivity contribution in [3.63, 3.8) is 0 Å². The van der Waals surface area contributed by atoms with E-state index in [4.69, 9.17) is 0 Å². The van der Waals surface area contributed by atoms with Crippen molar-refractivity contribution >= 4 is 5.82 Å². The lowest BCUT2D eigenvalue weighted by Crippen LogP contribution is -2.39. The van der Waals surface area contributed by atoms with Crippen LogP contribution in [-0.2, 0) is 0 Å². The molecule has 1 aromatic carbocycles. The number of pyridine rings is 1. The standard InChI is InChI=1S/C22H28N4O/c1-17-8-9-22(24-20(17)14-23)25(2)15-18-10-12-26(13-11-18)16-21(27)19-6-4-3-5-7-19/h3-9,18,21,27H,10-13,15-16H2,1-2H3. The molecule has 0 aliphatic carbocycles. The quantitative estimate of drug-likeness (QED) is 0.853. The Morgan fingerprint density at radius 1 is 1.22 bits per heavy atom. The van der Waals surface area contributed by atoms with Crippen LogP contribution in [0.5, 0.6) is 0 Å². The summed E-state index contributed by atoms with van der Waals surface area (Å²) in [6.07, 6.45) is 1.80. The van der Waals surface area contributed by atoms with E-state index in [-0.39, 0.29) is 0 Å². The van der Waals surface area contributed by atoms with Crippen LogP contribution in [-0.4, -0.2) is 48.2 Å². The number of aliphatic hydroxyl groups excluding tert-OH is 1. The monoisotopic (exact) mass is 364 g/mol. The number of anilines is 1. The Hall–Kier alpha value is -2.42. The lowest BCUT2D eigenvalue weighted by atomic mass is 9.95. The Morgan fingerprint density at radius 3 is 2.59 bits per heavy atom. The molecule has 1 atom stereocenters. The number of rotatable bonds is 6. The van der Waals surface area contributed by atoms with Crippen LogP contribution < -0.4 is 4.90 Å². The van der Waals surface area contributed by atoms with Gasteiger partial charge in [0, 0.05) is 20.1 Å². The number of hydrogen-bond donors (Lipinski definition) is 1. The van der Waals surface area contributed by atoms with E-state index in [1.807, 2.05) is 56.4 Å². The summed E-state index contributed by atoms with van der Waals surface area (Å²) >= 11 is 0. The van der Waals surface area contributed by atoms with Gasteiger partial charge in [0.15, 0.2) is 0 Å². The number of aryl methyl sites for hydroxylation is 1. The zero-order chi connectivity index (χ0) is 19.2. The van der Waals surface area contributed by atoms with E-state index in [1.165, 1.54) is 0 Å². The number of nitrogens with zero attached hydrogens (tertiary/aromatic N) is 4. The Bertz CT molecular complexity index is 779. The molecule has 5 heteroatoms.